The van der Waals surface area contributed by atoms with Gasteiger partial charge in [0.2, 0.25) is 11.8 Å². The maximum absolute atomic E-state index is 15.8. The van der Waals surface area contributed by atoms with Crippen LogP contribution in [0.4, 0.5) is 5.69 Å². The summed E-state index contributed by atoms with van der Waals surface area (Å²) in [6.45, 7) is 0. The van der Waals surface area contributed by atoms with Crippen molar-refractivity contribution in [3.63, 3.8) is 0 Å². The summed E-state index contributed by atoms with van der Waals surface area (Å²) in [6, 6.07) is 43.9. The lowest BCUT2D eigenvalue weighted by atomic mass is 9.59. The number of ketones is 1. The summed E-state index contributed by atoms with van der Waals surface area (Å²) in [6.07, 6.45) is 0. The normalized spacial score (nSPS) is 24.9. The van der Waals surface area contributed by atoms with Gasteiger partial charge in [0.25, 0.3) is 0 Å². The molecule has 222 valence electrons. The van der Waals surface area contributed by atoms with Gasteiger partial charge in [-0.25, -0.2) is 9.69 Å². The molecule has 5 aromatic rings. The largest absolute Gasteiger partial charge is 0.478 e. The topological polar surface area (TPSA) is 91.8 Å². The number of amides is 2. The molecule has 0 unspecified atom stereocenters. The van der Waals surface area contributed by atoms with Crippen molar-refractivity contribution in [3.05, 3.63) is 173 Å². The van der Waals surface area contributed by atoms with Gasteiger partial charge in [-0.05, 0) is 57.7 Å². The van der Waals surface area contributed by atoms with Crippen LogP contribution in [0.25, 0.3) is 11.1 Å². The quantitative estimate of drug-likeness (QED) is 0.222. The first-order chi connectivity index (χ1) is 22.4. The molecule has 1 saturated carbocycles. The Morgan fingerprint density at radius 1 is 0.522 bits per heavy atom. The SMILES string of the molecule is O=C(O)c1ccc(N2C(=O)[C@@H]3[C@@H](C2=O)[C@@]2(c4ccccc4)C(=O)[C@@]3(c3ccccc3)C(c3ccccc3)=C2c2ccccc2)cc1. The molecule has 2 bridgehead atoms. The van der Waals surface area contributed by atoms with E-state index in [0.717, 1.165) is 22.3 Å². The summed E-state index contributed by atoms with van der Waals surface area (Å²) in [5.74, 6) is -4.34. The van der Waals surface area contributed by atoms with Gasteiger partial charge in [-0.15, -0.1) is 0 Å². The molecule has 5 aromatic carbocycles. The smallest absolute Gasteiger partial charge is 0.335 e. The zero-order valence-electron chi connectivity index (χ0n) is 24.5. The molecular weight excluding hydrogens is 574 g/mol. The molecule has 4 atom stereocenters. The first-order valence-electron chi connectivity index (χ1n) is 15.2. The number of carbonyl (C=O) groups is 4. The number of anilines is 1. The zero-order valence-corrected chi connectivity index (χ0v) is 24.5. The van der Waals surface area contributed by atoms with Gasteiger partial charge < -0.3 is 5.11 Å². The second kappa shape index (κ2) is 10.1. The van der Waals surface area contributed by atoms with Crippen molar-refractivity contribution in [1.82, 2.24) is 0 Å². The number of imide groups is 1. The average Bonchev–Trinajstić information content (AvgIpc) is 3.62. The van der Waals surface area contributed by atoms with Crippen LogP contribution in [0, 0.1) is 11.8 Å². The molecule has 46 heavy (non-hydrogen) atoms. The number of fused-ring (bicyclic) bond motifs is 5. The van der Waals surface area contributed by atoms with E-state index in [-0.39, 0.29) is 17.0 Å². The number of allylic oxidation sites excluding steroid dienone is 2. The van der Waals surface area contributed by atoms with Crippen molar-refractivity contribution in [2.45, 2.75) is 10.8 Å². The zero-order chi connectivity index (χ0) is 31.6. The molecule has 2 aliphatic carbocycles. The van der Waals surface area contributed by atoms with Crippen molar-refractivity contribution < 1.29 is 24.3 Å². The van der Waals surface area contributed by atoms with Crippen LogP contribution in [0.15, 0.2) is 146 Å². The number of carboxylic acid groups (broad SMARTS) is 1. The van der Waals surface area contributed by atoms with Crippen LogP contribution in [0.5, 0.6) is 0 Å². The van der Waals surface area contributed by atoms with Crippen LogP contribution >= 0.6 is 0 Å². The predicted molar refractivity (Wildman–Crippen MR) is 174 cm³/mol. The third-order valence-corrected chi connectivity index (χ3v) is 9.95. The summed E-state index contributed by atoms with van der Waals surface area (Å²) >= 11 is 0. The number of rotatable bonds is 6. The van der Waals surface area contributed by atoms with E-state index in [2.05, 4.69) is 0 Å². The lowest BCUT2D eigenvalue weighted by Crippen LogP contribution is -2.45. The summed E-state index contributed by atoms with van der Waals surface area (Å²) < 4.78 is 0. The van der Waals surface area contributed by atoms with Crippen molar-refractivity contribution in [2.24, 2.45) is 11.8 Å². The molecule has 0 radical (unpaired) electrons. The lowest BCUT2D eigenvalue weighted by Gasteiger charge is -2.39. The Labute approximate surface area is 265 Å². The molecule has 0 spiro atoms. The number of hydrogen-bond acceptors (Lipinski definition) is 4. The first kappa shape index (κ1) is 27.7. The molecule has 0 aromatic heterocycles. The minimum absolute atomic E-state index is 0.0409. The molecule has 1 heterocycles. The van der Waals surface area contributed by atoms with E-state index in [1.807, 2.05) is 121 Å². The Bertz CT molecular complexity index is 1950. The van der Waals surface area contributed by atoms with E-state index in [1.54, 1.807) is 0 Å². The molecule has 3 aliphatic rings. The highest BCUT2D eigenvalue weighted by Gasteiger charge is 2.82. The van der Waals surface area contributed by atoms with Crippen molar-refractivity contribution in [1.29, 1.82) is 0 Å². The minimum Gasteiger partial charge on any atom is -0.478 e. The van der Waals surface area contributed by atoms with E-state index in [1.165, 1.54) is 29.2 Å². The van der Waals surface area contributed by atoms with E-state index >= 15 is 4.79 Å². The number of carboxylic acids is 1. The number of Topliss-reactive ketones (excluding diaryl/α,β-unsaturated/α-hetero) is 1. The molecule has 6 heteroatoms. The fourth-order valence-electron chi connectivity index (χ4n) is 8.34. The highest BCUT2D eigenvalue weighted by Crippen LogP contribution is 2.74. The van der Waals surface area contributed by atoms with Crippen molar-refractivity contribution in [3.8, 4) is 0 Å². The van der Waals surface area contributed by atoms with Crippen LogP contribution in [-0.2, 0) is 25.2 Å². The van der Waals surface area contributed by atoms with Crippen LogP contribution in [0.1, 0.15) is 32.6 Å². The summed E-state index contributed by atoms with van der Waals surface area (Å²) in [5.41, 5.74) is 1.71. The number of aromatic carboxylic acids is 1. The summed E-state index contributed by atoms with van der Waals surface area (Å²) in [7, 11) is 0. The Morgan fingerprint density at radius 2 is 0.891 bits per heavy atom. The van der Waals surface area contributed by atoms with E-state index in [4.69, 9.17) is 0 Å². The number of benzene rings is 5. The number of nitrogens with zero attached hydrogens (tertiary/aromatic N) is 1. The highest BCUT2D eigenvalue weighted by molar-refractivity contribution is 6.39. The van der Waals surface area contributed by atoms with Gasteiger partial charge in [-0.3, -0.25) is 14.4 Å². The lowest BCUT2D eigenvalue weighted by molar-refractivity contribution is -0.130. The standard InChI is InChI=1S/C40H27NO5/c42-35-33-34(36(43)41(35)30-23-21-27(22-24-30)37(44)45)40(29-19-11-4-12-20-29)32(26-15-7-2-8-16-26)31(25-13-5-1-6-14-25)39(33,38(40)46)28-17-9-3-10-18-28/h1-24,33-34H,(H,44,45)/t33-,34-,39-,40-/m0/s1. The average molecular weight is 602 g/mol. The van der Waals surface area contributed by atoms with Crippen molar-refractivity contribution in [2.75, 3.05) is 4.90 Å². The van der Waals surface area contributed by atoms with Gasteiger partial charge in [0.1, 0.15) is 0 Å². The summed E-state index contributed by atoms with van der Waals surface area (Å²) in [4.78, 5) is 58.5. The highest BCUT2D eigenvalue weighted by atomic mass is 16.4. The maximum Gasteiger partial charge on any atom is 0.335 e. The fraction of sp³-hybridized carbons (Fsp3) is 0.100. The Kier molecular flexibility index (Phi) is 6.06. The van der Waals surface area contributed by atoms with E-state index < -0.39 is 40.4 Å². The molecule has 6 nitrogen and oxygen atoms in total. The van der Waals surface area contributed by atoms with Gasteiger partial charge in [-0.2, -0.15) is 0 Å². The second-order valence-corrected chi connectivity index (χ2v) is 12.0. The Morgan fingerprint density at radius 3 is 1.26 bits per heavy atom. The third kappa shape index (κ3) is 3.41. The molecule has 8 rings (SSSR count). The van der Waals surface area contributed by atoms with Crippen LogP contribution in [0.3, 0.4) is 0 Å². The summed E-state index contributed by atoms with van der Waals surface area (Å²) in [5, 5.41) is 9.49. The number of hydrogen-bond donors (Lipinski definition) is 1. The van der Waals surface area contributed by atoms with Gasteiger partial charge in [0, 0.05) is 0 Å². The fourth-order valence-corrected chi connectivity index (χ4v) is 8.34. The minimum atomic E-state index is -1.49. The third-order valence-electron chi connectivity index (χ3n) is 9.95. The molecule has 1 saturated heterocycles. The van der Waals surface area contributed by atoms with Gasteiger partial charge in [0.05, 0.1) is 33.9 Å². The predicted octanol–water partition coefficient (Wildman–Crippen LogP) is 6.57. The monoisotopic (exact) mass is 601 g/mol. The van der Waals surface area contributed by atoms with Gasteiger partial charge >= 0.3 is 5.97 Å². The molecule has 1 aliphatic heterocycles. The Balaban J connectivity index is 1.52. The van der Waals surface area contributed by atoms with E-state index in [9.17, 15) is 19.5 Å². The molecule has 1 N–H and O–H groups in total. The molecule has 2 fully saturated rings. The van der Waals surface area contributed by atoms with Gasteiger partial charge in [0.15, 0.2) is 5.78 Å². The Hall–Kier alpha value is -5.88. The maximum atomic E-state index is 15.8. The van der Waals surface area contributed by atoms with Crippen molar-refractivity contribution >= 4 is 40.4 Å². The van der Waals surface area contributed by atoms with Crippen LogP contribution in [0.2, 0.25) is 0 Å². The van der Waals surface area contributed by atoms with Crippen LogP contribution in [-0.4, -0.2) is 28.7 Å². The molecule has 2 amide bonds. The molecular formula is C40H27NO5. The van der Waals surface area contributed by atoms with Crippen LogP contribution < -0.4 is 4.90 Å². The van der Waals surface area contributed by atoms with Gasteiger partial charge in [-0.1, -0.05) is 121 Å². The number of carbonyl (C=O) groups excluding carboxylic acids is 3. The second-order valence-electron chi connectivity index (χ2n) is 12.0. The van der Waals surface area contributed by atoms with E-state index in [0.29, 0.717) is 11.1 Å². The first-order valence-corrected chi connectivity index (χ1v) is 15.2.